The Morgan fingerprint density at radius 1 is 1.00 bits per heavy atom. The molecule has 2 aliphatic heterocycles. The summed E-state index contributed by atoms with van der Waals surface area (Å²) in [5, 5.41) is 0. The van der Waals surface area contributed by atoms with Crippen LogP contribution in [0.1, 0.15) is 99.1 Å². The summed E-state index contributed by atoms with van der Waals surface area (Å²) in [6.45, 7) is 24.7. The molecule has 49 heavy (non-hydrogen) atoms. The van der Waals surface area contributed by atoms with Gasteiger partial charge in [0.05, 0.1) is 11.4 Å². The number of carbonyl (C=O) groups is 1. The number of anilines is 2. The van der Waals surface area contributed by atoms with Crippen molar-refractivity contribution in [3.63, 3.8) is 0 Å². The van der Waals surface area contributed by atoms with E-state index >= 15 is 4.39 Å². The number of ether oxygens (including phenoxy) is 1. The molecule has 0 radical (unpaired) electrons. The number of allylic oxidation sites excluding steroid dienone is 5. The second kappa shape index (κ2) is 19.3. The molecular weight excluding hydrogens is 623 g/mol. The third-order valence-corrected chi connectivity index (χ3v) is 8.66. The number of nitrogens with zero attached hydrogens (tertiary/aromatic N) is 3. The number of alkyl halides is 2. The van der Waals surface area contributed by atoms with E-state index in [9.17, 15) is 13.6 Å². The summed E-state index contributed by atoms with van der Waals surface area (Å²) in [5.41, 5.74) is 7.38. The van der Waals surface area contributed by atoms with Gasteiger partial charge in [0.1, 0.15) is 11.6 Å². The Labute approximate surface area is 293 Å². The van der Waals surface area contributed by atoms with Crippen molar-refractivity contribution in [1.29, 1.82) is 0 Å². The van der Waals surface area contributed by atoms with Crippen LogP contribution in [0.3, 0.4) is 0 Å². The van der Waals surface area contributed by atoms with Crippen LogP contribution in [0, 0.1) is 12.7 Å². The lowest BCUT2D eigenvalue weighted by molar-refractivity contribution is -0.158. The van der Waals surface area contributed by atoms with Crippen LogP contribution in [0.15, 0.2) is 83.9 Å². The van der Waals surface area contributed by atoms with E-state index in [0.717, 1.165) is 79.4 Å². The maximum Gasteiger partial charge on any atom is 0.394 e. The molecule has 1 unspecified atom stereocenters. The molecule has 0 amide bonds. The van der Waals surface area contributed by atoms with Crippen molar-refractivity contribution in [2.45, 2.75) is 113 Å². The first-order chi connectivity index (χ1) is 23.2. The molecule has 0 saturated carbocycles. The normalized spacial score (nSPS) is 15.9. The van der Waals surface area contributed by atoms with E-state index in [4.69, 9.17) is 0 Å². The molecule has 8 heteroatoms. The Balaban J connectivity index is 0.000000373. The number of hydrogen-bond donors (Lipinski definition) is 0. The lowest BCUT2D eigenvalue weighted by atomic mass is 10.0. The molecule has 2 aromatic rings. The van der Waals surface area contributed by atoms with Gasteiger partial charge in [-0.15, -0.1) is 0 Å². The number of benzene rings is 2. The summed E-state index contributed by atoms with van der Waals surface area (Å²) in [5.74, 6) is 0.119. The highest BCUT2D eigenvalue weighted by atomic mass is 19.3. The molecule has 5 nitrogen and oxygen atoms in total. The van der Waals surface area contributed by atoms with Gasteiger partial charge in [-0.2, -0.15) is 8.78 Å². The molecule has 2 aromatic carbocycles. The van der Waals surface area contributed by atoms with Gasteiger partial charge >= 0.3 is 6.11 Å². The molecule has 0 aliphatic carbocycles. The molecule has 1 atom stereocenters. The van der Waals surface area contributed by atoms with Crippen molar-refractivity contribution in [3.8, 4) is 5.75 Å². The SMILES string of the molecule is C=C1C=CC(C)=CN1C(C(C)=O)=C(CC)CC.CC.CCCCc1ccc(N2CCN(c3ccc(OC(C)(F)F)cc3)C(C)C2)c(F)c1C. The number of halogens is 3. The summed E-state index contributed by atoms with van der Waals surface area (Å²) in [7, 11) is 0. The number of aryl methyl sites for hydroxylation is 1. The molecule has 2 heterocycles. The summed E-state index contributed by atoms with van der Waals surface area (Å²) >= 11 is 0. The lowest BCUT2D eigenvalue weighted by Crippen LogP contribution is -2.52. The third kappa shape index (κ3) is 11.6. The van der Waals surface area contributed by atoms with Gasteiger partial charge < -0.3 is 19.4 Å². The maximum absolute atomic E-state index is 15.1. The fourth-order valence-electron chi connectivity index (χ4n) is 6.09. The predicted molar refractivity (Wildman–Crippen MR) is 200 cm³/mol. The molecule has 0 aromatic heterocycles. The fraction of sp³-hybridized carbons (Fsp3) is 0.488. The highest BCUT2D eigenvalue weighted by Gasteiger charge is 2.27. The topological polar surface area (TPSA) is 36.0 Å². The van der Waals surface area contributed by atoms with E-state index in [1.165, 1.54) is 5.57 Å². The zero-order valence-corrected chi connectivity index (χ0v) is 31.4. The van der Waals surface area contributed by atoms with Crippen LogP contribution in [0.2, 0.25) is 0 Å². The number of unbranched alkanes of at least 4 members (excludes halogenated alkanes) is 1. The standard InChI is InChI=1S/C24H31F3N2O.C15H21NO.C2H6/c1-5-6-7-19-8-13-22(23(25)18(19)3)28-14-15-29(17(2)16-28)20-9-11-21(12-10-20)30-24(4,26)27;1-6-14(7-2)15(13(5)17)16-10-11(3)8-9-12(16)4;1-2/h8-13,17H,5-7,14-16H2,1-4H3;8-10H,4,6-7H2,1-3,5H3;1-2H3. The van der Waals surface area contributed by atoms with E-state index in [2.05, 4.69) is 54.9 Å². The molecule has 0 bridgehead atoms. The Morgan fingerprint density at radius 2 is 1.63 bits per heavy atom. The fourth-order valence-corrected chi connectivity index (χ4v) is 6.09. The van der Waals surface area contributed by atoms with Crippen molar-refractivity contribution in [1.82, 2.24) is 4.90 Å². The van der Waals surface area contributed by atoms with Gasteiger partial charge in [-0.3, -0.25) is 4.79 Å². The van der Waals surface area contributed by atoms with Gasteiger partial charge in [0, 0.05) is 57.1 Å². The van der Waals surface area contributed by atoms with Gasteiger partial charge in [0.2, 0.25) is 0 Å². The first-order valence-corrected chi connectivity index (χ1v) is 17.7. The van der Waals surface area contributed by atoms with E-state index in [0.29, 0.717) is 18.8 Å². The Kier molecular flexibility index (Phi) is 16.2. The minimum Gasteiger partial charge on any atom is -0.433 e. The number of carbonyl (C=O) groups excluding carboxylic acids is 1. The Bertz CT molecular complexity index is 1480. The largest absolute Gasteiger partial charge is 0.433 e. The van der Waals surface area contributed by atoms with Gasteiger partial charge in [-0.05, 0) is 105 Å². The number of piperazine rings is 1. The van der Waals surface area contributed by atoms with Crippen LogP contribution in [0.25, 0.3) is 0 Å². The monoisotopic (exact) mass is 681 g/mol. The zero-order chi connectivity index (χ0) is 36.9. The average molecular weight is 682 g/mol. The van der Waals surface area contributed by atoms with Crippen LogP contribution in [-0.2, 0) is 11.2 Å². The molecule has 270 valence electrons. The maximum atomic E-state index is 15.1. The van der Waals surface area contributed by atoms with Crippen molar-refractivity contribution in [2.24, 2.45) is 0 Å². The van der Waals surface area contributed by atoms with Crippen LogP contribution < -0.4 is 14.5 Å². The van der Waals surface area contributed by atoms with Crippen LogP contribution in [0.5, 0.6) is 5.75 Å². The quantitative estimate of drug-likeness (QED) is 0.221. The van der Waals surface area contributed by atoms with E-state index in [1.54, 1.807) is 31.2 Å². The molecule has 1 fully saturated rings. The molecule has 4 rings (SSSR count). The number of ketones is 1. The predicted octanol–water partition coefficient (Wildman–Crippen LogP) is 11.1. The molecule has 0 N–H and O–H groups in total. The average Bonchev–Trinajstić information content (AvgIpc) is 3.06. The van der Waals surface area contributed by atoms with Crippen LogP contribution in [-0.4, -0.2) is 42.5 Å². The van der Waals surface area contributed by atoms with E-state index in [1.807, 2.05) is 57.0 Å². The molecule has 0 spiro atoms. The first-order valence-electron chi connectivity index (χ1n) is 17.7. The number of Topliss-reactive ketones (excluding diaryl/α,β-unsaturated/α-hetero) is 1. The molecular formula is C41H58F3N3O2. The van der Waals surface area contributed by atoms with Crippen molar-refractivity contribution in [2.75, 3.05) is 29.4 Å². The summed E-state index contributed by atoms with van der Waals surface area (Å²) in [6, 6.07) is 10.8. The Morgan fingerprint density at radius 3 is 2.16 bits per heavy atom. The lowest BCUT2D eigenvalue weighted by Gasteiger charge is -2.42. The van der Waals surface area contributed by atoms with E-state index < -0.39 is 6.11 Å². The van der Waals surface area contributed by atoms with Crippen molar-refractivity contribution >= 4 is 17.2 Å². The van der Waals surface area contributed by atoms with Gasteiger partial charge in [0.15, 0.2) is 5.78 Å². The summed E-state index contributed by atoms with van der Waals surface area (Å²) in [6.07, 6.45) is 7.59. The molecule has 1 saturated heterocycles. The summed E-state index contributed by atoms with van der Waals surface area (Å²) in [4.78, 5) is 18.1. The van der Waals surface area contributed by atoms with E-state index in [-0.39, 0.29) is 23.4 Å². The number of hydrogen-bond acceptors (Lipinski definition) is 5. The minimum atomic E-state index is -3.20. The first kappa shape index (κ1) is 41.2. The Hall–Kier alpha value is -3.94. The zero-order valence-electron chi connectivity index (χ0n) is 31.4. The van der Waals surface area contributed by atoms with Gasteiger partial charge in [-0.25, -0.2) is 4.39 Å². The van der Waals surface area contributed by atoms with Crippen molar-refractivity contribution in [3.05, 3.63) is 101 Å². The highest BCUT2D eigenvalue weighted by Crippen LogP contribution is 2.31. The number of rotatable bonds is 11. The third-order valence-electron chi connectivity index (χ3n) is 8.66. The highest BCUT2D eigenvalue weighted by molar-refractivity contribution is 5.94. The molecule has 2 aliphatic rings. The van der Waals surface area contributed by atoms with Gasteiger partial charge in [-0.1, -0.05) is 59.8 Å². The van der Waals surface area contributed by atoms with Gasteiger partial charge in [0.25, 0.3) is 0 Å². The van der Waals surface area contributed by atoms with Crippen molar-refractivity contribution < 1.29 is 22.7 Å². The van der Waals surface area contributed by atoms with Crippen LogP contribution in [0.4, 0.5) is 24.5 Å². The minimum absolute atomic E-state index is 0.101. The summed E-state index contributed by atoms with van der Waals surface area (Å²) < 4.78 is 45.7. The smallest absolute Gasteiger partial charge is 0.394 e. The van der Waals surface area contributed by atoms with Crippen LogP contribution >= 0.6 is 0 Å². The second-order valence-electron chi connectivity index (χ2n) is 12.5. The second-order valence-corrected chi connectivity index (χ2v) is 12.5.